The van der Waals surface area contributed by atoms with E-state index in [0.717, 1.165) is 0 Å². The molecule has 0 aliphatic heterocycles. The average molecular weight is 231 g/mol. The van der Waals surface area contributed by atoms with Crippen LogP contribution in [0.2, 0.25) is 0 Å². The van der Waals surface area contributed by atoms with Gasteiger partial charge in [0.05, 0.1) is 19.2 Å². The Balaban J connectivity index is 3.75. The molecular weight excluding hydrogens is 210 g/mol. The van der Waals surface area contributed by atoms with Crippen molar-refractivity contribution in [2.75, 3.05) is 40.9 Å². The molecule has 0 aromatic heterocycles. The van der Waals surface area contributed by atoms with Crippen LogP contribution in [-0.2, 0) is 14.3 Å². The number of amides is 2. The highest BCUT2D eigenvalue weighted by Crippen LogP contribution is 1.83. The van der Waals surface area contributed by atoms with Gasteiger partial charge in [0.2, 0.25) is 11.8 Å². The largest absolute Gasteiger partial charge is 0.383 e. The second-order valence-electron chi connectivity index (χ2n) is 3.67. The van der Waals surface area contributed by atoms with Gasteiger partial charge in [-0.2, -0.15) is 0 Å². The molecule has 0 rings (SSSR count). The summed E-state index contributed by atoms with van der Waals surface area (Å²) in [5.74, 6) is -0.194. The van der Waals surface area contributed by atoms with E-state index >= 15 is 0 Å². The van der Waals surface area contributed by atoms with E-state index < -0.39 is 0 Å². The fourth-order valence-electron chi connectivity index (χ4n) is 0.921. The maximum absolute atomic E-state index is 11.4. The molecule has 0 heterocycles. The number of nitrogens with one attached hydrogen (secondary N) is 2. The van der Waals surface area contributed by atoms with Crippen molar-refractivity contribution >= 4 is 11.8 Å². The predicted molar refractivity (Wildman–Crippen MR) is 61.0 cm³/mol. The summed E-state index contributed by atoms with van der Waals surface area (Å²) in [5, 5.41) is 5.53. The summed E-state index contributed by atoms with van der Waals surface area (Å²) < 4.78 is 4.81. The number of carbonyl (C=O) groups is 2. The topological polar surface area (TPSA) is 70.7 Å². The molecule has 1 atom stereocenters. The number of carbonyl (C=O) groups excluding carboxylic acids is 2. The first-order valence-electron chi connectivity index (χ1n) is 5.19. The van der Waals surface area contributed by atoms with Gasteiger partial charge in [-0.15, -0.1) is 0 Å². The highest BCUT2D eigenvalue weighted by Gasteiger charge is 2.13. The zero-order valence-corrected chi connectivity index (χ0v) is 10.4. The number of hydrogen-bond acceptors (Lipinski definition) is 4. The molecule has 0 spiro atoms. The highest BCUT2D eigenvalue weighted by molar-refractivity contribution is 5.83. The molecule has 0 bridgehead atoms. The van der Waals surface area contributed by atoms with E-state index in [-0.39, 0.29) is 24.4 Å². The van der Waals surface area contributed by atoms with Gasteiger partial charge in [-0.05, 0) is 6.92 Å². The zero-order chi connectivity index (χ0) is 12.6. The Morgan fingerprint density at radius 1 is 1.38 bits per heavy atom. The molecule has 0 fully saturated rings. The van der Waals surface area contributed by atoms with Gasteiger partial charge < -0.3 is 15.0 Å². The van der Waals surface area contributed by atoms with Crippen molar-refractivity contribution in [2.24, 2.45) is 0 Å². The van der Waals surface area contributed by atoms with Crippen LogP contribution in [-0.4, -0.2) is 63.7 Å². The Morgan fingerprint density at radius 2 is 2.00 bits per heavy atom. The van der Waals surface area contributed by atoms with Crippen LogP contribution >= 0.6 is 0 Å². The van der Waals surface area contributed by atoms with Crippen LogP contribution in [0.1, 0.15) is 6.92 Å². The van der Waals surface area contributed by atoms with Gasteiger partial charge in [-0.1, -0.05) is 0 Å². The lowest BCUT2D eigenvalue weighted by molar-refractivity contribution is -0.128. The second-order valence-corrected chi connectivity index (χ2v) is 3.67. The summed E-state index contributed by atoms with van der Waals surface area (Å²) in [7, 11) is 4.92. The first-order chi connectivity index (χ1) is 7.49. The summed E-state index contributed by atoms with van der Waals surface area (Å²) >= 11 is 0. The molecule has 1 unspecified atom stereocenters. The van der Waals surface area contributed by atoms with Crippen LogP contribution in [0.25, 0.3) is 0 Å². The molecule has 16 heavy (non-hydrogen) atoms. The SMILES string of the molecule is COCCNC(=O)C(C)NCC(=O)N(C)C. The Morgan fingerprint density at radius 3 is 2.50 bits per heavy atom. The summed E-state index contributed by atoms with van der Waals surface area (Å²) in [6, 6.07) is -0.388. The number of hydrogen-bond donors (Lipinski definition) is 2. The van der Waals surface area contributed by atoms with E-state index in [9.17, 15) is 9.59 Å². The molecule has 6 nitrogen and oxygen atoms in total. The Kier molecular flexibility index (Phi) is 7.49. The van der Waals surface area contributed by atoms with Gasteiger partial charge in [-0.25, -0.2) is 0 Å². The standard InChI is InChI=1S/C10H21N3O3/c1-8(10(15)11-5-6-16-4)12-7-9(14)13(2)3/h8,12H,5-7H2,1-4H3,(H,11,15). The Hall–Kier alpha value is -1.14. The van der Waals surface area contributed by atoms with E-state index in [0.29, 0.717) is 13.2 Å². The van der Waals surface area contributed by atoms with Gasteiger partial charge in [0, 0.05) is 27.7 Å². The summed E-state index contributed by atoms with van der Waals surface area (Å²) in [5.41, 5.74) is 0. The fourth-order valence-corrected chi connectivity index (χ4v) is 0.921. The smallest absolute Gasteiger partial charge is 0.236 e. The average Bonchev–Trinajstić information content (AvgIpc) is 2.25. The van der Waals surface area contributed by atoms with E-state index in [2.05, 4.69) is 10.6 Å². The molecule has 2 N–H and O–H groups in total. The molecule has 0 aliphatic rings. The predicted octanol–water partition coefficient (Wildman–Crippen LogP) is -1.18. The normalized spacial score (nSPS) is 12.0. The van der Waals surface area contributed by atoms with Crippen molar-refractivity contribution in [3.05, 3.63) is 0 Å². The third kappa shape index (κ3) is 6.36. The Bertz CT molecular complexity index is 231. The summed E-state index contributed by atoms with van der Waals surface area (Å²) in [4.78, 5) is 24.2. The van der Waals surface area contributed by atoms with Crippen LogP contribution in [0, 0.1) is 0 Å². The van der Waals surface area contributed by atoms with Gasteiger partial charge in [0.1, 0.15) is 0 Å². The minimum absolute atomic E-state index is 0.0588. The van der Waals surface area contributed by atoms with E-state index in [1.165, 1.54) is 4.90 Å². The molecule has 0 saturated carbocycles. The first-order valence-corrected chi connectivity index (χ1v) is 5.19. The Labute approximate surface area is 96.3 Å². The van der Waals surface area contributed by atoms with Crippen molar-refractivity contribution < 1.29 is 14.3 Å². The van der Waals surface area contributed by atoms with Crippen molar-refractivity contribution in [1.82, 2.24) is 15.5 Å². The quantitative estimate of drug-likeness (QED) is 0.541. The van der Waals surface area contributed by atoms with Crippen LogP contribution in [0.3, 0.4) is 0 Å². The van der Waals surface area contributed by atoms with E-state index in [4.69, 9.17) is 4.74 Å². The lowest BCUT2D eigenvalue weighted by Crippen LogP contribution is -2.46. The molecule has 0 aliphatic carbocycles. The second kappa shape index (κ2) is 8.06. The lowest BCUT2D eigenvalue weighted by Gasteiger charge is -2.15. The third-order valence-corrected chi connectivity index (χ3v) is 2.06. The van der Waals surface area contributed by atoms with Crippen molar-refractivity contribution in [1.29, 1.82) is 0 Å². The molecule has 94 valence electrons. The number of ether oxygens (including phenoxy) is 1. The first kappa shape index (κ1) is 14.9. The molecule has 0 aromatic carbocycles. The molecule has 6 heteroatoms. The van der Waals surface area contributed by atoms with Gasteiger partial charge in [-0.3, -0.25) is 14.9 Å². The molecule has 0 saturated heterocycles. The number of rotatable bonds is 7. The zero-order valence-electron chi connectivity index (χ0n) is 10.4. The number of methoxy groups -OCH3 is 1. The van der Waals surface area contributed by atoms with E-state index in [1.807, 2.05) is 0 Å². The third-order valence-electron chi connectivity index (χ3n) is 2.06. The van der Waals surface area contributed by atoms with Crippen molar-refractivity contribution in [2.45, 2.75) is 13.0 Å². The highest BCUT2D eigenvalue weighted by atomic mass is 16.5. The fraction of sp³-hybridized carbons (Fsp3) is 0.800. The molecule has 0 aromatic rings. The maximum atomic E-state index is 11.4. The van der Waals surface area contributed by atoms with Gasteiger partial charge >= 0.3 is 0 Å². The molecule has 0 radical (unpaired) electrons. The van der Waals surface area contributed by atoms with E-state index in [1.54, 1.807) is 28.1 Å². The lowest BCUT2D eigenvalue weighted by atomic mass is 10.3. The minimum atomic E-state index is -0.388. The minimum Gasteiger partial charge on any atom is -0.383 e. The monoisotopic (exact) mass is 231 g/mol. The van der Waals surface area contributed by atoms with Crippen molar-refractivity contribution in [3.63, 3.8) is 0 Å². The summed E-state index contributed by atoms with van der Waals surface area (Å²) in [6.45, 7) is 2.83. The summed E-state index contributed by atoms with van der Waals surface area (Å²) in [6.07, 6.45) is 0. The number of likely N-dealkylation sites (N-methyl/N-ethyl adjacent to an activating group) is 1. The molecule has 2 amide bonds. The van der Waals surface area contributed by atoms with Crippen LogP contribution < -0.4 is 10.6 Å². The molecular formula is C10H21N3O3. The van der Waals surface area contributed by atoms with Crippen LogP contribution in [0.4, 0.5) is 0 Å². The van der Waals surface area contributed by atoms with Crippen LogP contribution in [0.15, 0.2) is 0 Å². The van der Waals surface area contributed by atoms with Gasteiger partial charge in [0.15, 0.2) is 0 Å². The maximum Gasteiger partial charge on any atom is 0.236 e. The van der Waals surface area contributed by atoms with Gasteiger partial charge in [0.25, 0.3) is 0 Å². The van der Waals surface area contributed by atoms with Crippen LogP contribution in [0.5, 0.6) is 0 Å². The number of nitrogens with zero attached hydrogens (tertiary/aromatic N) is 1. The van der Waals surface area contributed by atoms with Crippen molar-refractivity contribution in [3.8, 4) is 0 Å².